The van der Waals surface area contributed by atoms with E-state index in [1.807, 2.05) is 56.3 Å². The van der Waals surface area contributed by atoms with E-state index < -0.39 is 0 Å². The number of carbonyl (C=O) groups is 1. The summed E-state index contributed by atoms with van der Waals surface area (Å²) in [6, 6.07) is 13.1. The van der Waals surface area contributed by atoms with Crippen LogP contribution in [-0.2, 0) is 0 Å². The third kappa shape index (κ3) is 3.95. The van der Waals surface area contributed by atoms with Crippen LogP contribution in [0.5, 0.6) is 0 Å². The van der Waals surface area contributed by atoms with E-state index >= 15 is 0 Å². The number of hydrogen-bond acceptors (Lipinski definition) is 2. The van der Waals surface area contributed by atoms with Gasteiger partial charge in [0.05, 0.1) is 6.54 Å². The summed E-state index contributed by atoms with van der Waals surface area (Å²) in [7, 11) is 0. The summed E-state index contributed by atoms with van der Waals surface area (Å²) in [5.41, 5.74) is 9.84. The Hall–Kier alpha value is -2.57. The maximum atomic E-state index is 12.1. The van der Waals surface area contributed by atoms with Gasteiger partial charge in [-0.3, -0.25) is 4.79 Å². The highest BCUT2D eigenvalue weighted by Crippen LogP contribution is 2.15. The molecule has 3 N–H and O–H groups in total. The summed E-state index contributed by atoms with van der Waals surface area (Å²) in [5.74, 6) is 5.71. The van der Waals surface area contributed by atoms with Crippen molar-refractivity contribution < 1.29 is 4.79 Å². The minimum Gasteiger partial charge on any atom is -0.322 e. The van der Waals surface area contributed by atoms with Gasteiger partial charge in [0, 0.05) is 16.8 Å². The quantitative estimate of drug-likeness (QED) is 0.830. The van der Waals surface area contributed by atoms with Crippen LogP contribution in [0.4, 0.5) is 5.69 Å². The van der Waals surface area contributed by atoms with E-state index in [1.165, 1.54) is 0 Å². The first-order chi connectivity index (χ1) is 10.1. The van der Waals surface area contributed by atoms with Crippen LogP contribution in [0.2, 0.25) is 0 Å². The summed E-state index contributed by atoms with van der Waals surface area (Å²) in [5, 5.41) is 2.89. The third-order valence-electron chi connectivity index (χ3n) is 3.12. The van der Waals surface area contributed by atoms with Gasteiger partial charge < -0.3 is 11.1 Å². The molecule has 2 aromatic carbocycles. The highest BCUT2D eigenvalue weighted by Gasteiger charge is 2.06. The molecule has 0 radical (unpaired) electrons. The Morgan fingerprint density at radius 2 is 1.86 bits per heavy atom. The van der Waals surface area contributed by atoms with Gasteiger partial charge in [-0.1, -0.05) is 29.5 Å². The Labute approximate surface area is 125 Å². The van der Waals surface area contributed by atoms with Gasteiger partial charge in [0.2, 0.25) is 0 Å². The number of nitrogens with two attached hydrogens (primary N) is 1. The minimum absolute atomic E-state index is 0.116. The van der Waals surface area contributed by atoms with Gasteiger partial charge in [0.1, 0.15) is 0 Å². The van der Waals surface area contributed by atoms with E-state index in [0.29, 0.717) is 12.1 Å². The molecule has 0 fully saturated rings. The van der Waals surface area contributed by atoms with Gasteiger partial charge in [0.25, 0.3) is 5.91 Å². The Morgan fingerprint density at radius 1 is 1.14 bits per heavy atom. The molecule has 0 aliphatic rings. The standard InChI is InChI=1S/C18H18N2O/c1-13-5-7-16(8-6-13)18(21)20-17-10-9-15(4-3-11-19)14(2)12-17/h5-10,12H,11,19H2,1-2H3,(H,20,21). The van der Waals surface area contributed by atoms with Crippen molar-refractivity contribution in [3.63, 3.8) is 0 Å². The summed E-state index contributed by atoms with van der Waals surface area (Å²) < 4.78 is 0. The van der Waals surface area contributed by atoms with E-state index in [-0.39, 0.29) is 5.91 Å². The lowest BCUT2D eigenvalue weighted by Crippen LogP contribution is -2.11. The summed E-state index contributed by atoms with van der Waals surface area (Å²) in [6.45, 7) is 4.29. The van der Waals surface area contributed by atoms with Crippen molar-refractivity contribution in [3.8, 4) is 11.8 Å². The van der Waals surface area contributed by atoms with Gasteiger partial charge in [-0.15, -0.1) is 0 Å². The number of benzene rings is 2. The van der Waals surface area contributed by atoms with Crippen molar-refractivity contribution in [3.05, 3.63) is 64.7 Å². The second-order valence-corrected chi connectivity index (χ2v) is 4.86. The van der Waals surface area contributed by atoms with E-state index in [0.717, 1.165) is 22.4 Å². The lowest BCUT2D eigenvalue weighted by atomic mass is 10.1. The molecule has 0 aromatic heterocycles. The number of carbonyl (C=O) groups excluding carboxylic acids is 1. The summed E-state index contributed by atoms with van der Waals surface area (Å²) in [6.07, 6.45) is 0. The molecule has 0 atom stereocenters. The zero-order valence-corrected chi connectivity index (χ0v) is 12.2. The second kappa shape index (κ2) is 6.74. The van der Waals surface area contributed by atoms with Gasteiger partial charge in [-0.2, -0.15) is 0 Å². The largest absolute Gasteiger partial charge is 0.322 e. The van der Waals surface area contributed by atoms with Crippen LogP contribution < -0.4 is 11.1 Å². The van der Waals surface area contributed by atoms with Crippen LogP contribution in [0.3, 0.4) is 0 Å². The van der Waals surface area contributed by atoms with Crippen molar-refractivity contribution in [2.45, 2.75) is 13.8 Å². The molecule has 3 heteroatoms. The van der Waals surface area contributed by atoms with Gasteiger partial charge in [0.15, 0.2) is 0 Å². The summed E-state index contributed by atoms with van der Waals surface area (Å²) >= 11 is 0. The molecule has 1 amide bonds. The van der Waals surface area contributed by atoms with E-state index in [2.05, 4.69) is 17.2 Å². The first-order valence-electron chi connectivity index (χ1n) is 6.78. The maximum absolute atomic E-state index is 12.1. The van der Waals surface area contributed by atoms with Crippen molar-refractivity contribution in [1.82, 2.24) is 0 Å². The highest BCUT2D eigenvalue weighted by atomic mass is 16.1. The molecule has 0 aliphatic carbocycles. The molecule has 0 heterocycles. The molecular formula is C18H18N2O. The predicted octanol–water partition coefficient (Wildman–Crippen LogP) is 2.87. The van der Waals surface area contributed by atoms with Crippen LogP contribution in [0.15, 0.2) is 42.5 Å². The second-order valence-electron chi connectivity index (χ2n) is 4.86. The fourth-order valence-corrected chi connectivity index (χ4v) is 1.94. The highest BCUT2D eigenvalue weighted by molar-refractivity contribution is 6.04. The number of aryl methyl sites for hydroxylation is 2. The van der Waals surface area contributed by atoms with Crippen LogP contribution in [0.25, 0.3) is 0 Å². The molecule has 21 heavy (non-hydrogen) atoms. The topological polar surface area (TPSA) is 55.1 Å². The number of amides is 1. The van der Waals surface area contributed by atoms with Crippen molar-refractivity contribution in [1.29, 1.82) is 0 Å². The van der Waals surface area contributed by atoms with Crippen LogP contribution in [0.1, 0.15) is 27.0 Å². The Balaban J connectivity index is 2.14. The Kier molecular flexibility index (Phi) is 4.76. The molecule has 2 aromatic rings. The molecule has 0 bridgehead atoms. The van der Waals surface area contributed by atoms with Gasteiger partial charge in [-0.25, -0.2) is 0 Å². The van der Waals surface area contributed by atoms with E-state index in [1.54, 1.807) is 0 Å². The SMILES string of the molecule is Cc1ccc(C(=O)Nc2ccc(C#CCN)c(C)c2)cc1. The van der Waals surface area contributed by atoms with Crippen LogP contribution in [-0.4, -0.2) is 12.5 Å². The minimum atomic E-state index is -0.116. The number of rotatable bonds is 2. The van der Waals surface area contributed by atoms with E-state index in [9.17, 15) is 4.79 Å². The zero-order chi connectivity index (χ0) is 15.2. The van der Waals surface area contributed by atoms with Crippen molar-refractivity contribution in [2.75, 3.05) is 11.9 Å². The lowest BCUT2D eigenvalue weighted by molar-refractivity contribution is 0.102. The normalized spacial score (nSPS) is 9.67. The molecule has 0 aliphatic heterocycles. The van der Waals surface area contributed by atoms with Crippen molar-refractivity contribution >= 4 is 11.6 Å². The fourth-order valence-electron chi connectivity index (χ4n) is 1.94. The maximum Gasteiger partial charge on any atom is 0.255 e. The zero-order valence-electron chi connectivity index (χ0n) is 12.2. The molecular weight excluding hydrogens is 260 g/mol. The van der Waals surface area contributed by atoms with Gasteiger partial charge >= 0.3 is 0 Å². The fraction of sp³-hybridized carbons (Fsp3) is 0.167. The predicted molar refractivity (Wildman–Crippen MR) is 86.2 cm³/mol. The van der Waals surface area contributed by atoms with Crippen LogP contribution >= 0.6 is 0 Å². The Morgan fingerprint density at radius 3 is 2.48 bits per heavy atom. The average Bonchev–Trinajstić information content (AvgIpc) is 2.47. The van der Waals surface area contributed by atoms with Crippen molar-refractivity contribution in [2.24, 2.45) is 5.73 Å². The molecule has 0 spiro atoms. The number of anilines is 1. The monoisotopic (exact) mass is 278 g/mol. The molecule has 2 rings (SSSR count). The first-order valence-corrected chi connectivity index (χ1v) is 6.78. The smallest absolute Gasteiger partial charge is 0.255 e. The molecule has 3 nitrogen and oxygen atoms in total. The first kappa shape index (κ1) is 14.8. The van der Waals surface area contributed by atoms with Gasteiger partial charge in [-0.05, 0) is 49.7 Å². The molecule has 0 saturated heterocycles. The average molecular weight is 278 g/mol. The number of hydrogen-bond donors (Lipinski definition) is 2. The number of nitrogens with one attached hydrogen (secondary N) is 1. The summed E-state index contributed by atoms with van der Waals surface area (Å²) in [4.78, 5) is 12.1. The Bertz CT molecular complexity index is 706. The molecule has 0 saturated carbocycles. The third-order valence-corrected chi connectivity index (χ3v) is 3.12. The molecule has 0 unspecified atom stereocenters. The lowest BCUT2D eigenvalue weighted by Gasteiger charge is -2.07. The molecule has 106 valence electrons. The van der Waals surface area contributed by atoms with E-state index in [4.69, 9.17) is 5.73 Å². The van der Waals surface area contributed by atoms with Crippen LogP contribution in [0, 0.1) is 25.7 Å².